The van der Waals surface area contributed by atoms with Crippen molar-refractivity contribution in [3.8, 4) is 0 Å². The SMILES string of the molecule is Nc1ccc2nc(SC3(CC(=O)O)CNC3)[nH]c2c1. The Balaban J connectivity index is 1.86. The monoisotopic (exact) mass is 278 g/mol. The average Bonchev–Trinajstić information content (AvgIpc) is 2.66. The van der Waals surface area contributed by atoms with Crippen LogP contribution in [0.4, 0.5) is 5.69 Å². The van der Waals surface area contributed by atoms with Crippen LogP contribution in [0.15, 0.2) is 23.4 Å². The van der Waals surface area contributed by atoms with Gasteiger partial charge < -0.3 is 21.1 Å². The van der Waals surface area contributed by atoms with E-state index >= 15 is 0 Å². The number of hydrogen-bond acceptors (Lipinski definition) is 5. The smallest absolute Gasteiger partial charge is 0.304 e. The highest BCUT2D eigenvalue weighted by molar-refractivity contribution is 8.00. The van der Waals surface area contributed by atoms with E-state index in [9.17, 15) is 4.79 Å². The summed E-state index contributed by atoms with van der Waals surface area (Å²) in [6, 6.07) is 5.49. The Morgan fingerprint density at radius 1 is 1.53 bits per heavy atom. The fourth-order valence-corrected chi connectivity index (χ4v) is 3.43. The Bertz CT molecular complexity index is 636. The summed E-state index contributed by atoms with van der Waals surface area (Å²) < 4.78 is -0.300. The molecule has 2 heterocycles. The number of imidazole rings is 1. The number of nitrogens with one attached hydrogen (secondary N) is 2. The zero-order valence-corrected chi connectivity index (χ0v) is 11.0. The summed E-state index contributed by atoms with van der Waals surface area (Å²) in [5, 5.41) is 12.8. The van der Waals surface area contributed by atoms with Gasteiger partial charge in [0.2, 0.25) is 0 Å². The molecule has 2 aromatic rings. The molecule has 3 rings (SSSR count). The lowest BCUT2D eigenvalue weighted by atomic mass is 9.98. The number of fused-ring (bicyclic) bond motifs is 1. The fourth-order valence-electron chi connectivity index (χ4n) is 2.17. The van der Waals surface area contributed by atoms with Crippen molar-refractivity contribution >= 4 is 34.5 Å². The minimum absolute atomic E-state index is 0.129. The maximum atomic E-state index is 10.9. The second-order valence-corrected chi connectivity index (χ2v) is 6.23. The number of aliphatic carboxylic acids is 1. The molecule has 1 saturated heterocycles. The highest BCUT2D eigenvalue weighted by Crippen LogP contribution is 2.38. The van der Waals surface area contributed by atoms with Crippen LogP contribution in [0.1, 0.15) is 6.42 Å². The number of aromatic nitrogens is 2. The molecule has 1 aliphatic rings. The van der Waals surface area contributed by atoms with Gasteiger partial charge in [0.15, 0.2) is 5.16 Å². The van der Waals surface area contributed by atoms with Gasteiger partial charge in [0.25, 0.3) is 0 Å². The van der Waals surface area contributed by atoms with E-state index in [-0.39, 0.29) is 11.2 Å². The van der Waals surface area contributed by atoms with Crippen LogP contribution in [0.3, 0.4) is 0 Å². The van der Waals surface area contributed by atoms with Crippen LogP contribution >= 0.6 is 11.8 Å². The number of rotatable bonds is 4. The number of hydrogen-bond donors (Lipinski definition) is 4. The molecule has 1 aliphatic heterocycles. The molecule has 1 fully saturated rings. The first-order valence-electron chi connectivity index (χ1n) is 5.93. The number of carboxylic acids is 1. The molecular formula is C12H14N4O2S. The zero-order chi connectivity index (χ0) is 13.5. The van der Waals surface area contributed by atoms with Gasteiger partial charge in [-0.3, -0.25) is 4.79 Å². The van der Waals surface area contributed by atoms with E-state index in [1.165, 1.54) is 11.8 Å². The van der Waals surface area contributed by atoms with Crippen LogP contribution in [0.5, 0.6) is 0 Å². The van der Waals surface area contributed by atoms with E-state index in [0.717, 1.165) is 16.2 Å². The summed E-state index contributed by atoms with van der Waals surface area (Å²) in [6.07, 6.45) is 0.129. The summed E-state index contributed by atoms with van der Waals surface area (Å²) in [5.41, 5.74) is 8.12. The Kier molecular flexibility index (Phi) is 2.87. The number of carbonyl (C=O) groups is 1. The number of anilines is 1. The van der Waals surface area contributed by atoms with Crippen molar-refractivity contribution in [2.24, 2.45) is 0 Å². The minimum atomic E-state index is -0.783. The molecule has 0 aliphatic carbocycles. The third-order valence-electron chi connectivity index (χ3n) is 3.17. The lowest BCUT2D eigenvalue weighted by Crippen LogP contribution is -2.58. The van der Waals surface area contributed by atoms with Gasteiger partial charge in [-0.2, -0.15) is 0 Å². The van der Waals surface area contributed by atoms with Crippen molar-refractivity contribution in [1.29, 1.82) is 0 Å². The van der Waals surface area contributed by atoms with Crippen molar-refractivity contribution in [1.82, 2.24) is 15.3 Å². The largest absolute Gasteiger partial charge is 0.481 e. The average molecular weight is 278 g/mol. The molecular weight excluding hydrogens is 264 g/mol. The quantitative estimate of drug-likeness (QED) is 0.623. The van der Waals surface area contributed by atoms with Gasteiger partial charge in [-0.25, -0.2) is 4.98 Å². The molecule has 1 aromatic carbocycles. The minimum Gasteiger partial charge on any atom is -0.481 e. The molecule has 0 saturated carbocycles. The van der Waals surface area contributed by atoms with Crippen LogP contribution in [-0.2, 0) is 4.79 Å². The van der Waals surface area contributed by atoms with Gasteiger partial charge in [-0.05, 0) is 18.2 Å². The fraction of sp³-hybridized carbons (Fsp3) is 0.333. The molecule has 0 atom stereocenters. The standard InChI is InChI=1S/C12H14N4O2S/c13-7-1-2-8-9(3-7)16-11(15-8)19-12(4-10(17)18)5-14-6-12/h1-3,14H,4-6,13H2,(H,15,16)(H,17,18). The highest BCUT2D eigenvalue weighted by atomic mass is 32.2. The number of benzene rings is 1. The molecule has 7 heteroatoms. The van der Waals surface area contributed by atoms with Crippen LogP contribution < -0.4 is 11.1 Å². The lowest BCUT2D eigenvalue weighted by molar-refractivity contribution is -0.138. The lowest BCUT2D eigenvalue weighted by Gasteiger charge is -2.40. The maximum absolute atomic E-state index is 10.9. The van der Waals surface area contributed by atoms with E-state index in [0.29, 0.717) is 18.8 Å². The molecule has 1 aromatic heterocycles. The van der Waals surface area contributed by atoms with Crippen molar-refractivity contribution in [2.45, 2.75) is 16.3 Å². The number of carboxylic acid groups (broad SMARTS) is 1. The van der Waals surface area contributed by atoms with Crippen LogP contribution in [0.25, 0.3) is 11.0 Å². The molecule has 0 unspecified atom stereocenters. The number of nitrogens with two attached hydrogens (primary N) is 1. The molecule has 0 bridgehead atoms. The number of thioether (sulfide) groups is 1. The number of nitrogen functional groups attached to an aromatic ring is 1. The Hall–Kier alpha value is -1.73. The van der Waals surface area contributed by atoms with Gasteiger partial charge in [-0.15, -0.1) is 0 Å². The first-order valence-corrected chi connectivity index (χ1v) is 6.75. The molecule has 0 spiro atoms. The summed E-state index contributed by atoms with van der Waals surface area (Å²) >= 11 is 1.49. The second kappa shape index (κ2) is 4.43. The molecule has 19 heavy (non-hydrogen) atoms. The highest BCUT2D eigenvalue weighted by Gasteiger charge is 2.41. The van der Waals surface area contributed by atoms with Crippen molar-refractivity contribution in [3.63, 3.8) is 0 Å². The van der Waals surface area contributed by atoms with E-state index in [1.807, 2.05) is 12.1 Å². The molecule has 0 amide bonds. The van der Waals surface area contributed by atoms with Crippen LogP contribution in [-0.4, -0.2) is 38.9 Å². The van der Waals surface area contributed by atoms with Gasteiger partial charge in [0, 0.05) is 18.8 Å². The number of aromatic amines is 1. The van der Waals surface area contributed by atoms with Gasteiger partial charge in [0.1, 0.15) is 0 Å². The topological polar surface area (TPSA) is 104 Å². The van der Waals surface area contributed by atoms with Gasteiger partial charge >= 0.3 is 5.97 Å². The summed E-state index contributed by atoms with van der Waals surface area (Å²) in [4.78, 5) is 18.6. The summed E-state index contributed by atoms with van der Waals surface area (Å²) in [6.45, 7) is 1.37. The van der Waals surface area contributed by atoms with E-state index in [2.05, 4.69) is 15.3 Å². The molecule has 6 nitrogen and oxygen atoms in total. The van der Waals surface area contributed by atoms with Crippen molar-refractivity contribution in [3.05, 3.63) is 18.2 Å². The molecule has 0 radical (unpaired) electrons. The third kappa shape index (κ3) is 2.39. The van der Waals surface area contributed by atoms with Crippen molar-refractivity contribution < 1.29 is 9.90 Å². The molecule has 100 valence electrons. The normalized spacial score (nSPS) is 17.3. The van der Waals surface area contributed by atoms with Crippen molar-refractivity contribution in [2.75, 3.05) is 18.8 Å². The van der Waals surface area contributed by atoms with Gasteiger partial charge in [0.05, 0.1) is 22.2 Å². The second-order valence-electron chi connectivity index (χ2n) is 4.78. The summed E-state index contributed by atoms with van der Waals surface area (Å²) in [7, 11) is 0. The molecule has 5 N–H and O–H groups in total. The van der Waals surface area contributed by atoms with Gasteiger partial charge in [-0.1, -0.05) is 11.8 Å². The number of nitrogens with zero attached hydrogens (tertiary/aromatic N) is 1. The number of H-pyrrole nitrogens is 1. The van der Waals surface area contributed by atoms with Crippen LogP contribution in [0, 0.1) is 0 Å². The van der Waals surface area contributed by atoms with E-state index in [1.54, 1.807) is 6.07 Å². The predicted octanol–water partition coefficient (Wildman–Crippen LogP) is 1.05. The first-order chi connectivity index (χ1) is 9.06. The predicted molar refractivity (Wildman–Crippen MR) is 74.2 cm³/mol. The maximum Gasteiger partial charge on any atom is 0.304 e. The Morgan fingerprint density at radius 3 is 2.95 bits per heavy atom. The Labute approximate surface area is 113 Å². The van der Waals surface area contributed by atoms with E-state index < -0.39 is 5.97 Å². The summed E-state index contributed by atoms with van der Waals surface area (Å²) in [5.74, 6) is -0.783. The first kappa shape index (κ1) is 12.3. The third-order valence-corrected chi connectivity index (χ3v) is 4.42. The zero-order valence-electron chi connectivity index (χ0n) is 10.1. The Morgan fingerprint density at radius 2 is 2.32 bits per heavy atom. The van der Waals surface area contributed by atoms with E-state index in [4.69, 9.17) is 10.8 Å². The van der Waals surface area contributed by atoms with Crippen LogP contribution in [0.2, 0.25) is 0 Å².